The molecule has 0 aliphatic carbocycles. The molecule has 3 rings (SSSR count). The summed E-state index contributed by atoms with van der Waals surface area (Å²) in [6, 6.07) is 10.7. The number of aromatic nitrogens is 2. The molecule has 1 N–H and O–H groups in total. The largest absolute Gasteiger partial charge is 0.423 e. The van der Waals surface area contributed by atoms with Crippen molar-refractivity contribution in [2.75, 3.05) is 0 Å². The van der Waals surface area contributed by atoms with Gasteiger partial charge in [0, 0.05) is 6.07 Å². The topological polar surface area (TPSA) is 172 Å². The summed E-state index contributed by atoms with van der Waals surface area (Å²) in [7, 11) is 0. The van der Waals surface area contributed by atoms with E-state index in [0.29, 0.717) is 5.56 Å². The van der Waals surface area contributed by atoms with Gasteiger partial charge in [0.2, 0.25) is 0 Å². The third kappa shape index (κ3) is 5.52. The van der Waals surface area contributed by atoms with Gasteiger partial charge in [0.1, 0.15) is 28.7 Å². The first-order valence-electron chi connectivity index (χ1n) is 10.2. The molecule has 180 valence electrons. The monoisotopic (exact) mass is 480 g/mol. The number of hydrogen-bond donors (Lipinski definition) is 1. The minimum absolute atomic E-state index is 0.117. The molecule has 1 unspecified atom stereocenters. The minimum Gasteiger partial charge on any atom is -0.423 e. The van der Waals surface area contributed by atoms with Crippen molar-refractivity contribution in [3.8, 4) is 5.75 Å². The molecule has 0 spiro atoms. The number of hydrogen-bond acceptors (Lipinski definition) is 9. The van der Waals surface area contributed by atoms with Crippen LogP contribution in [-0.4, -0.2) is 37.7 Å². The number of nitrogens with zero attached hydrogens (tertiary/aromatic N) is 5. The summed E-state index contributed by atoms with van der Waals surface area (Å²) in [6.07, 6.45) is 1.30. The first-order chi connectivity index (χ1) is 16.6. The molecule has 0 aliphatic rings. The van der Waals surface area contributed by atoms with Crippen LogP contribution in [0.1, 0.15) is 40.3 Å². The van der Waals surface area contributed by atoms with Crippen LogP contribution in [0, 0.1) is 34.1 Å². The summed E-state index contributed by atoms with van der Waals surface area (Å²) >= 11 is 0. The highest BCUT2D eigenvalue weighted by atomic mass is 16.6. The lowest BCUT2D eigenvalue weighted by molar-refractivity contribution is -0.386. The average molecular weight is 480 g/mol. The van der Waals surface area contributed by atoms with Crippen LogP contribution in [0.25, 0.3) is 0 Å². The molecule has 0 bridgehead atoms. The predicted molar refractivity (Wildman–Crippen MR) is 123 cm³/mol. The van der Waals surface area contributed by atoms with Crippen molar-refractivity contribution in [1.29, 1.82) is 0 Å². The van der Waals surface area contributed by atoms with Crippen molar-refractivity contribution in [3.05, 3.63) is 91.3 Å². The number of rotatable bonds is 8. The van der Waals surface area contributed by atoms with E-state index in [9.17, 15) is 29.8 Å². The number of esters is 1. The summed E-state index contributed by atoms with van der Waals surface area (Å²) in [4.78, 5) is 45.9. The number of amides is 1. The molecule has 0 saturated heterocycles. The second-order valence-electron chi connectivity index (χ2n) is 7.37. The molecule has 13 heteroatoms. The van der Waals surface area contributed by atoms with Crippen LogP contribution in [0.3, 0.4) is 0 Å². The van der Waals surface area contributed by atoms with E-state index in [1.165, 1.54) is 68.1 Å². The Kier molecular flexibility index (Phi) is 7.29. The highest BCUT2D eigenvalue weighted by Gasteiger charge is 2.27. The molecular formula is C22H20N6O7. The molecule has 1 aromatic heterocycles. The number of nitro benzene ring substituents is 1. The predicted octanol–water partition coefficient (Wildman–Crippen LogP) is 3.25. The number of benzene rings is 2. The van der Waals surface area contributed by atoms with E-state index in [1.807, 2.05) is 0 Å². The summed E-state index contributed by atoms with van der Waals surface area (Å²) in [5.41, 5.74) is 2.52. The zero-order valence-electron chi connectivity index (χ0n) is 18.9. The number of aryl methyl sites for hydroxylation is 1. The molecule has 1 amide bonds. The van der Waals surface area contributed by atoms with Crippen LogP contribution < -0.4 is 10.2 Å². The molecule has 0 radical (unpaired) electrons. The van der Waals surface area contributed by atoms with Crippen LogP contribution in [0.15, 0.2) is 53.6 Å². The molecule has 13 nitrogen and oxygen atoms in total. The summed E-state index contributed by atoms with van der Waals surface area (Å²) < 4.78 is 6.49. The Morgan fingerprint density at radius 1 is 1.11 bits per heavy atom. The van der Waals surface area contributed by atoms with Gasteiger partial charge in [-0.2, -0.15) is 10.2 Å². The highest BCUT2D eigenvalue weighted by molar-refractivity contribution is 5.95. The first kappa shape index (κ1) is 24.7. The normalized spacial score (nSPS) is 11.7. The maximum Gasteiger partial charge on any atom is 0.350 e. The second kappa shape index (κ2) is 10.3. The molecule has 2 aromatic carbocycles. The Labute approximate surface area is 198 Å². The van der Waals surface area contributed by atoms with Gasteiger partial charge in [-0.15, -0.1) is 0 Å². The Balaban J connectivity index is 1.67. The van der Waals surface area contributed by atoms with E-state index in [1.54, 1.807) is 12.1 Å². The van der Waals surface area contributed by atoms with Gasteiger partial charge in [-0.1, -0.05) is 24.3 Å². The molecule has 3 aromatic rings. The number of carbonyl (C=O) groups excluding carboxylic acids is 2. The van der Waals surface area contributed by atoms with Crippen LogP contribution in [-0.2, 0) is 4.79 Å². The minimum atomic E-state index is -0.896. The third-order valence-electron chi connectivity index (χ3n) is 4.99. The number of nitrogens with one attached hydrogen (secondary N) is 1. The Bertz CT molecular complexity index is 1350. The SMILES string of the molecule is Cc1nn(C(C)C(=O)N/N=C/c2cccc(OC(=O)c3ccccc3[N+](=O)[O-])c2)c(C)c1[N+](=O)[O-]. The number of hydrazone groups is 1. The standard InChI is InChI=1S/C22H20N6O7/c1-13-20(28(33)34)14(2)26(25-13)15(3)21(29)24-23-12-16-7-6-8-17(11-16)35-22(30)18-9-4-5-10-19(18)27(31)32/h4-12,15H,1-3H3,(H,24,29)/b23-12+. The van der Waals surface area contributed by atoms with Gasteiger partial charge in [0.15, 0.2) is 0 Å². The van der Waals surface area contributed by atoms with Crippen LogP contribution >= 0.6 is 0 Å². The molecule has 0 aliphatic heterocycles. The number of carbonyl (C=O) groups is 2. The Hall–Kier alpha value is -4.94. The summed E-state index contributed by atoms with van der Waals surface area (Å²) in [5.74, 6) is -1.33. The molecule has 1 atom stereocenters. The molecular weight excluding hydrogens is 460 g/mol. The van der Waals surface area contributed by atoms with Crippen LogP contribution in [0.4, 0.5) is 11.4 Å². The van der Waals surface area contributed by atoms with Crippen molar-refractivity contribution in [2.24, 2.45) is 5.10 Å². The highest BCUT2D eigenvalue weighted by Crippen LogP contribution is 2.25. The fourth-order valence-electron chi connectivity index (χ4n) is 3.30. The first-order valence-corrected chi connectivity index (χ1v) is 10.2. The van der Waals surface area contributed by atoms with Crippen molar-refractivity contribution in [1.82, 2.24) is 15.2 Å². The maximum atomic E-state index is 12.5. The summed E-state index contributed by atoms with van der Waals surface area (Å²) in [6.45, 7) is 4.51. The lowest BCUT2D eigenvalue weighted by Crippen LogP contribution is -2.28. The quantitative estimate of drug-likeness (QED) is 0.168. The lowest BCUT2D eigenvalue weighted by atomic mass is 10.2. The fourth-order valence-corrected chi connectivity index (χ4v) is 3.30. The van der Waals surface area contributed by atoms with Crippen molar-refractivity contribution >= 4 is 29.5 Å². The zero-order valence-corrected chi connectivity index (χ0v) is 18.9. The van der Waals surface area contributed by atoms with E-state index >= 15 is 0 Å². The van der Waals surface area contributed by atoms with Gasteiger partial charge in [-0.05, 0) is 44.5 Å². The zero-order chi connectivity index (χ0) is 25.7. The fraction of sp³-hybridized carbons (Fsp3) is 0.182. The van der Waals surface area contributed by atoms with E-state index in [-0.39, 0.29) is 34.1 Å². The number of para-hydroxylation sites is 1. The van der Waals surface area contributed by atoms with Crippen molar-refractivity contribution < 1.29 is 24.2 Å². The molecule has 1 heterocycles. The van der Waals surface area contributed by atoms with Crippen LogP contribution in [0.5, 0.6) is 5.75 Å². The van der Waals surface area contributed by atoms with Gasteiger partial charge in [-0.25, -0.2) is 10.2 Å². The van der Waals surface area contributed by atoms with E-state index in [4.69, 9.17) is 4.74 Å². The van der Waals surface area contributed by atoms with Gasteiger partial charge in [0.05, 0.1) is 16.1 Å². The summed E-state index contributed by atoms with van der Waals surface area (Å²) in [5, 5.41) is 30.2. The Morgan fingerprint density at radius 2 is 1.83 bits per heavy atom. The van der Waals surface area contributed by atoms with Gasteiger partial charge >= 0.3 is 11.7 Å². The maximum absolute atomic E-state index is 12.5. The average Bonchev–Trinajstić information content (AvgIpc) is 3.12. The number of ether oxygens (including phenoxy) is 1. The van der Waals surface area contributed by atoms with Crippen LogP contribution in [0.2, 0.25) is 0 Å². The number of nitro groups is 2. The molecule has 0 fully saturated rings. The lowest BCUT2D eigenvalue weighted by Gasteiger charge is -2.11. The van der Waals surface area contributed by atoms with E-state index in [2.05, 4.69) is 15.6 Å². The molecule has 35 heavy (non-hydrogen) atoms. The molecule has 0 saturated carbocycles. The van der Waals surface area contributed by atoms with Gasteiger partial charge in [-0.3, -0.25) is 29.7 Å². The van der Waals surface area contributed by atoms with Crippen molar-refractivity contribution in [2.45, 2.75) is 26.8 Å². The van der Waals surface area contributed by atoms with E-state index in [0.717, 1.165) is 0 Å². The van der Waals surface area contributed by atoms with Gasteiger partial charge in [0.25, 0.3) is 11.6 Å². The van der Waals surface area contributed by atoms with Gasteiger partial charge < -0.3 is 4.74 Å². The second-order valence-corrected chi connectivity index (χ2v) is 7.37. The van der Waals surface area contributed by atoms with E-state index < -0.39 is 27.8 Å². The third-order valence-corrected chi connectivity index (χ3v) is 4.99. The Morgan fingerprint density at radius 3 is 2.49 bits per heavy atom. The van der Waals surface area contributed by atoms with Crippen molar-refractivity contribution in [3.63, 3.8) is 0 Å². The smallest absolute Gasteiger partial charge is 0.350 e.